The lowest BCUT2D eigenvalue weighted by molar-refractivity contribution is 0.230. The molecule has 0 spiro atoms. The molecular weight excluding hydrogens is 190 g/mol. The zero-order valence-electron chi connectivity index (χ0n) is 9.27. The van der Waals surface area contributed by atoms with Gasteiger partial charge in [-0.3, -0.25) is 0 Å². The van der Waals surface area contributed by atoms with Crippen molar-refractivity contribution in [3.8, 4) is 5.75 Å². The van der Waals surface area contributed by atoms with Crippen LogP contribution in [0, 0.1) is 5.92 Å². The molecule has 0 aliphatic heterocycles. The van der Waals surface area contributed by atoms with Gasteiger partial charge in [0.05, 0.1) is 0 Å². The van der Waals surface area contributed by atoms with E-state index in [1.165, 1.54) is 0 Å². The molecule has 84 valence electrons. The number of rotatable bonds is 5. The number of phenolic OH excluding ortho intramolecular Hbond substituents is 1. The molecule has 0 fully saturated rings. The summed E-state index contributed by atoms with van der Waals surface area (Å²) in [5.41, 5.74) is 0.891. The molecule has 0 saturated carbocycles. The molecule has 0 amide bonds. The Kier molecular flexibility index (Phi) is 4.59. The van der Waals surface area contributed by atoms with Gasteiger partial charge in [-0.15, -0.1) is 0 Å². The van der Waals surface area contributed by atoms with Gasteiger partial charge in [0.25, 0.3) is 0 Å². The average molecular weight is 209 g/mol. The first-order chi connectivity index (χ1) is 7.15. The summed E-state index contributed by atoms with van der Waals surface area (Å²) in [5.74, 6) is 0.549. The predicted octanol–water partition coefficient (Wildman–Crippen LogP) is 1.67. The van der Waals surface area contributed by atoms with Crippen LogP contribution in [0.15, 0.2) is 24.3 Å². The number of aromatic hydroxyl groups is 1. The fraction of sp³-hybridized carbons (Fsp3) is 0.500. The van der Waals surface area contributed by atoms with Crippen molar-refractivity contribution in [1.82, 2.24) is 5.32 Å². The summed E-state index contributed by atoms with van der Waals surface area (Å²) >= 11 is 0. The van der Waals surface area contributed by atoms with E-state index in [9.17, 15) is 5.11 Å². The van der Waals surface area contributed by atoms with Crippen LogP contribution in [0.1, 0.15) is 25.5 Å². The fourth-order valence-corrected chi connectivity index (χ4v) is 1.41. The minimum atomic E-state index is 0.0974. The Bertz CT molecular complexity index is 301. The van der Waals surface area contributed by atoms with Gasteiger partial charge in [0.2, 0.25) is 0 Å². The SMILES string of the molecule is CC(CO)CNC(C)c1ccccc1O. The summed E-state index contributed by atoms with van der Waals surface area (Å²) in [6, 6.07) is 7.39. The molecule has 1 aromatic rings. The summed E-state index contributed by atoms with van der Waals surface area (Å²) < 4.78 is 0. The molecule has 2 unspecified atom stereocenters. The van der Waals surface area contributed by atoms with Crippen LogP contribution < -0.4 is 5.32 Å². The van der Waals surface area contributed by atoms with Crippen molar-refractivity contribution in [2.45, 2.75) is 19.9 Å². The number of hydrogen-bond acceptors (Lipinski definition) is 3. The fourth-order valence-electron chi connectivity index (χ4n) is 1.41. The maximum absolute atomic E-state index is 9.61. The summed E-state index contributed by atoms with van der Waals surface area (Å²) in [6.45, 7) is 4.90. The Morgan fingerprint density at radius 3 is 2.53 bits per heavy atom. The third-order valence-corrected chi connectivity index (χ3v) is 2.49. The summed E-state index contributed by atoms with van der Waals surface area (Å²) in [6.07, 6.45) is 0. The van der Waals surface area contributed by atoms with Crippen molar-refractivity contribution in [3.05, 3.63) is 29.8 Å². The van der Waals surface area contributed by atoms with E-state index in [4.69, 9.17) is 5.11 Å². The van der Waals surface area contributed by atoms with Crippen LogP contribution in [0.2, 0.25) is 0 Å². The van der Waals surface area contributed by atoms with Gasteiger partial charge in [-0.2, -0.15) is 0 Å². The van der Waals surface area contributed by atoms with E-state index < -0.39 is 0 Å². The summed E-state index contributed by atoms with van der Waals surface area (Å²) in [5, 5.41) is 21.8. The van der Waals surface area contributed by atoms with Crippen LogP contribution >= 0.6 is 0 Å². The van der Waals surface area contributed by atoms with E-state index in [0.29, 0.717) is 5.75 Å². The van der Waals surface area contributed by atoms with E-state index in [0.717, 1.165) is 12.1 Å². The first-order valence-corrected chi connectivity index (χ1v) is 5.27. The highest BCUT2D eigenvalue weighted by atomic mass is 16.3. The first kappa shape index (κ1) is 12.0. The molecule has 0 aromatic heterocycles. The van der Waals surface area contributed by atoms with Crippen molar-refractivity contribution >= 4 is 0 Å². The Morgan fingerprint density at radius 2 is 1.93 bits per heavy atom. The average Bonchev–Trinajstić information content (AvgIpc) is 2.26. The van der Waals surface area contributed by atoms with Crippen LogP contribution in [0.5, 0.6) is 5.75 Å². The standard InChI is InChI=1S/C12H19NO2/c1-9(8-14)7-13-10(2)11-5-3-4-6-12(11)15/h3-6,9-10,13-15H,7-8H2,1-2H3. The van der Waals surface area contributed by atoms with Crippen molar-refractivity contribution in [1.29, 1.82) is 0 Å². The molecule has 3 nitrogen and oxygen atoms in total. The summed E-state index contributed by atoms with van der Waals surface area (Å²) in [7, 11) is 0. The largest absolute Gasteiger partial charge is 0.508 e. The lowest BCUT2D eigenvalue weighted by atomic mass is 10.1. The highest BCUT2D eigenvalue weighted by molar-refractivity contribution is 5.34. The minimum Gasteiger partial charge on any atom is -0.508 e. The lowest BCUT2D eigenvalue weighted by Gasteiger charge is -2.17. The van der Waals surface area contributed by atoms with Crippen molar-refractivity contribution in [2.75, 3.05) is 13.2 Å². The second kappa shape index (κ2) is 5.73. The topological polar surface area (TPSA) is 52.5 Å². The van der Waals surface area contributed by atoms with Gasteiger partial charge >= 0.3 is 0 Å². The molecule has 0 aliphatic carbocycles. The second-order valence-corrected chi connectivity index (χ2v) is 3.98. The highest BCUT2D eigenvalue weighted by Gasteiger charge is 2.09. The smallest absolute Gasteiger partial charge is 0.120 e. The molecule has 3 heteroatoms. The Labute approximate surface area is 90.8 Å². The molecular formula is C12H19NO2. The molecule has 0 aliphatic rings. The number of hydrogen-bond donors (Lipinski definition) is 3. The third-order valence-electron chi connectivity index (χ3n) is 2.49. The monoisotopic (exact) mass is 209 g/mol. The van der Waals surface area contributed by atoms with Crippen LogP contribution in [0.4, 0.5) is 0 Å². The quantitative estimate of drug-likeness (QED) is 0.691. The Hall–Kier alpha value is -1.06. The molecule has 2 atom stereocenters. The van der Waals surface area contributed by atoms with E-state index in [-0.39, 0.29) is 18.6 Å². The number of para-hydroxylation sites is 1. The van der Waals surface area contributed by atoms with Crippen molar-refractivity contribution in [3.63, 3.8) is 0 Å². The van der Waals surface area contributed by atoms with Gasteiger partial charge in [-0.25, -0.2) is 0 Å². The zero-order valence-corrected chi connectivity index (χ0v) is 9.27. The van der Waals surface area contributed by atoms with Gasteiger partial charge < -0.3 is 15.5 Å². The molecule has 1 rings (SSSR count). The molecule has 15 heavy (non-hydrogen) atoms. The van der Waals surface area contributed by atoms with Crippen LogP contribution in [-0.2, 0) is 0 Å². The number of nitrogens with one attached hydrogen (secondary N) is 1. The maximum Gasteiger partial charge on any atom is 0.120 e. The molecule has 0 radical (unpaired) electrons. The van der Waals surface area contributed by atoms with E-state index in [1.807, 2.05) is 32.0 Å². The number of aliphatic hydroxyl groups is 1. The maximum atomic E-state index is 9.61. The number of benzene rings is 1. The first-order valence-electron chi connectivity index (χ1n) is 5.27. The third kappa shape index (κ3) is 3.53. The predicted molar refractivity (Wildman–Crippen MR) is 60.8 cm³/mol. The van der Waals surface area contributed by atoms with Gasteiger partial charge in [-0.05, 0) is 18.9 Å². The lowest BCUT2D eigenvalue weighted by Crippen LogP contribution is -2.26. The van der Waals surface area contributed by atoms with Crippen molar-refractivity contribution < 1.29 is 10.2 Å². The van der Waals surface area contributed by atoms with E-state index >= 15 is 0 Å². The van der Waals surface area contributed by atoms with Gasteiger partial charge in [0.1, 0.15) is 5.75 Å². The van der Waals surface area contributed by atoms with Gasteiger partial charge in [-0.1, -0.05) is 25.1 Å². The number of phenols is 1. The molecule has 0 bridgehead atoms. The minimum absolute atomic E-state index is 0.0974. The number of aliphatic hydroxyl groups excluding tert-OH is 1. The summed E-state index contributed by atoms with van der Waals surface area (Å²) in [4.78, 5) is 0. The van der Waals surface area contributed by atoms with E-state index in [1.54, 1.807) is 6.07 Å². The molecule has 0 heterocycles. The molecule has 1 aromatic carbocycles. The van der Waals surface area contributed by atoms with Gasteiger partial charge in [0, 0.05) is 24.8 Å². The van der Waals surface area contributed by atoms with Crippen molar-refractivity contribution in [2.24, 2.45) is 5.92 Å². The van der Waals surface area contributed by atoms with E-state index in [2.05, 4.69) is 5.32 Å². The Morgan fingerprint density at radius 1 is 1.27 bits per heavy atom. The Balaban J connectivity index is 2.54. The highest BCUT2D eigenvalue weighted by Crippen LogP contribution is 2.22. The molecule has 0 saturated heterocycles. The normalized spacial score (nSPS) is 14.9. The zero-order chi connectivity index (χ0) is 11.3. The van der Waals surface area contributed by atoms with Gasteiger partial charge in [0.15, 0.2) is 0 Å². The second-order valence-electron chi connectivity index (χ2n) is 3.98. The molecule has 3 N–H and O–H groups in total. The van der Waals surface area contributed by atoms with Crippen LogP contribution in [-0.4, -0.2) is 23.4 Å². The van der Waals surface area contributed by atoms with Crippen LogP contribution in [0.3, 0.4) is 0 Å². The van der Waals surface area contributed by atoms with Crippen LogP contribution in [0.25, 0.3) is 0 Å².